The third-order valence-electron chi connectivity index (χ3n) is 3.17. The molecule has 7 heteroatoms. The molecule has 0 atom stereocenters. The summed E-state index contributed by atoms with van der Waals surface area (Å²) in [5, 5.41) is 4.16. The van der Waals surface area contributed by atoms with Gasteiger partial charge in [0.15, 0.2) is 0 Å². The van der Waals surface area contributed by atoms with E-state index in [0.29, 0.717) is 19.8 Å². The minimum Gasteiger partial charge on any atom is -0.494 e. The lowest BCUT2D eigenvalue weighted by atomic mass is 10.3. The predicted molar refractivity (Wildman–Crippen MR) is 89.5 cm³/mol. The Kier molecular flexibility index (Phi) is 9.29. The molecule has 0 bridgehead atoms. The predicted octanol–water partition coefficient (Wildman–Crippen LogP) is 0.479. The molecule has 22 heavy (non-hydrogen) atoms. The Bertz CT molecular complexity index is 399. The molecule has 0 radical (unpaired) electrons. The molecule has 126 valence electrons. The lowest BCUT2D eigenvalue weighted by Crippen LogP contribution is -2.55. The Morgan fingerprint density at radius 1 is 1.09 bits per heavy atom. The van der Waals surface area contributed by atoms with E-state index in [9.17, 15) is 0 Å². The zero-order chi connectivity index (χ0) is 16.3. The summed E-state index contributed by atoms with van der Waals surface area (Å²) >= 11 is 0. The van der Waals surface area contributed by atoms with Crippen molar-refractivity contribution in [3.63, 3.8) is 0 Å². The summed E-state index contributed by atoms with van der Waals surface area (Å²) in [5.74, 6) is 0.826. The van der Waals surface area contributed by atoms with Gasteiger partial charge in [0, 0.05) is 39.1 Å². The number of hydrogen-bond donors (Lipinski definition) is 2. The number of ether oxygens (including phenoxy) is 1. The Balaban J connectivity index is 2.61. The first-order valence-corrected chi connectivity index (χ1v) is 9.33. The highest BCUT2D eigenvalue weighted by molar-refractivity contribution is 6.75. The maximum atomic E-state index is 5.98. The highest BCUT2D eigenvalue weighted by Crippen LogP contribution is 2.13. The molecule has 6 nitrogen and oxygen atoms in total. The largest absolute Gasteiger partial charge is 0.536 e. The summed E-state index contributed by atoms with van der Waals surface area (Å²) in [6.07, 6.45) is 0.874. The fraction of sp³-hybridized carbons (Fsp3) is 0.600. The average molecular weight is 328 g/mol. The Labute approximate surface area is 134 Å². The van der Waals surface area contributed by atoms with Gasteiger partial charge in [-0.3, -0.25) is 0 Å². The van der Waals surface area contributed by atoms with E-state index in [2.05, 4.69) is 5.32 Å². The maximum absolute atomic E-state index is 5.98. The fourth-order valence-corrected chi connectivity index (χ4v) is 4.10. The second-order valence-electron chi connectivity index (χ2n) is 4.66. The summed E-state index contributed by atoms with van der Waals surface area (Å²) in [4.78, 5) is 0. The smallest absolute Gasteiger partial charge is 0.494 e. The fourth-order valence-electron chi connectivity index (χ4n) is 2.07. The Morgan fingerprint density at radius 2 is 1.77 bits per heavy atom. The molecule has 0 spiro atoms. The van der Waals surface area contributed by atoms with Crippen LogP contribution in [0.2, 0.25) is 0 Å². The van der Waals surface area contributed by atoms with Crippen LogP contribution >= 0.6 is 0 Å². The van der Waals surface area contributed by atoms with Gasteiger partial charge in [0.2, 0.25) is 0 Å². The first-order valence-electron chi connectivity index (χ1n) is 7.60. The van der Waals surface area contributed by atoms with E-state index in [-0.39, 0.29) is 0 Å². The molecule has 0 unspecified atom stereocenters. The van der Waals surface area contributed by atoms with Gasteiger partial charge in [0.1, 0.15) is 5.75 Å². The van der Waals surface area contributed by atoms with Gasteiger partial charge in [-0.1, -0.05) is 12.1 Å². The maximum Gasteiger partial charge on any atom is 0.536 e. The molecule has 0 amide bonds. The number of nitrogens with two attached hydrogens (primary N) is 1. The van der Waals surface area contributed by atoms with E-state index < -0.39 is 8.80 Å². The summed E-state index contributed by atoms with van der Waals surface area (Å²) in [7, 11) is 0.406. The van der Waals surface area contributed by atoms with Gasteiger partial charge in [-0.05, 0) is 32.0 Å². The molecule has 0 aliphatic rings. The summed E-state index contributed by atoms with van der Waals surface area (Å²) < 4.78 is 22.7. The molecule has 0 saturated heterocycles. The molecule has 3 N–H and O–H groups in total. The zero-order valence-electron chi connectivity index (χ0n) is 13.8. The van der Waals surface area contributed by atoms with Crippen molar-refractivity contribution in [1.82, 2.24) is 5.32 Å². The van der Waals surface area contributed by atoms with Gasteiger partial charge < -0.3 is 29.1 Å². The van der Waals surface area contributed by atoms with Crippen LogP contribution in [0.5, 0.6) is 5.75 Å². The number of rotatable bonds is 12. The molecule has 0 saturated carbocycles. The van der Waals surface area contributed by atoms with Crippen molar-refractivity contribution in [2.75, 3.05) is 47.1 Å². The van der Waals surface area contributed by atoms with E-state index in [4.69, 9.17) is 23.7 Å². The SMILES string of the molecule is CCOc1ccc([Si](OC)(OC)OCCCNCCN)cc1. The summed E-state index contributed by atoms with van der Waals surface area (Å²) in [6.45, 7) is 5.48. The highest BCUT2D eigenvalue weighted by Gasteiger charge is 2.41. The van der Waals surface area contributed by atoms with Crippen LogP contribution in [0.1, 0.15) is 13.3 Å². The van der Waals surface area contributed by atoms with Crippen molar-refractivity contribution in [1.29, 1.82) is 0 Å². The van der Waals surface area contributed by atoms with Crippen LogP contribution in [-0.2, 0) is 13.3 Å². The standard InChI is InChI=1S/C15H28N2O4Si/c1-4-20-14-6-8-15(9-7-14)22(18-2,19-3)21-13-5-11-17-12-10-16/h6-9,17H,4-5,10-13,16H2,1-3H3. The highest BCUT2D eigenvalue weighted by atomic mass is 28.4. The minimum absolute atomic E-state index is 0.568. The van der Waals surface area contributed by atoms with E-state index in [1.807, 2.05) is 31.2 Å². The van der Waals surface area contributed by atoms with E-state index >= 15 is 0 Å². The first kappa shape index (κ1) is 19.1. The lowest BCUT2D eigenvalue weighted by Gasteiger charge is -2.26. The molecule has 0 aliphatic carbocycles. The second-order valence-corrected chi connectivity index (χ2v) is 7.46. The van der Waals surface area contributed by atoms with Gasteiger partial charge in [-0.2, -0.15) is 0 Å². The van der Waals surface area contributed by atoms with Crippen LogP contribution in [0, 0.1) is 0 Å². The van der Waals surface area contributed by atoms with Crippen LogP contribution in [0.3, 0.4) is 0 Å². The quantitative estimate of drug-likeness (QED) is 0.429. The van der Waals surface area contributed by atoms with Gasteiger partial charge in [0.05, 0.1) is 6.61 Å². The third kappa shape index (κ3) is 5.67. The molecule has 1 rings (SSSR count). The average Bonchev–Trinajstić information content (AvgIpc) is 2.56. The minimum atomic E-state index is -2.84. The van der Waals surface area contributed by atoms with Crippen LogP contribution in [0.4, 0.5) is 0 Å². The van der Waals surface area contributed by atoms with Crippen molar-refractivity contribution in [3.8, 4) is 5.75 Å². The van der Waals surface area contributed by atoms with Crippen molar-refractivity contribution in [3.05, 3.63) is 24.3 Å². The number of nitrogens with one attached hydrogen (secondary N) is 1. The second kappa shape index (κ2) is 10.7. The van der Waals surface area contributed by atoms with Crippen LogP contribution < -0.4 is 21.0 Å². The zero-order valence-corrected chi connectivity index (χ0v) is 14.8. The monoisotopic (exact) mass is 328 g/mol. The van der Waals surface area contributed by atoms with Crippen LogP contribution in [0.15, 0.2) is 24.3 Å². The first-order chi connectivity index (χ1) is 10.7. The normalized spacial score (nSPS) is 11.6. The molecule has 0 heterocycles. The van der Waals surface area contributed by atoms with Crippen LogP contribution in [-0.4, -0.2) is 55.9 Å². The van der Waals surface area contributed by atoms with Gasteiger partial charge in [0.25, 0.3) is 0 Å². The molecule has 0 fully saturated rings. The van der Waals surface area contributed by atoms with Crippen molar-refractivity contribution < 1.29 is 18.0 Å². The van der Waals surface area contributed by atoms with Crippen LogP contribution in [0.25, 0.3) is 0 Å². The van der Waals surface area contributed by atoms with Gasteiger partial charge in [-0.25, -0.2) is 0 Å². The van der Waals surface area contributed by atoms with E-state index in [0.717, 1.165) is 30.4 Å². The number of benzene rings is 1. The molecule has 0 aliphatic heterocycles. The molecule has 1 aromatic rings. The lowest BCUT2D eigenvalue weighted by molar-refractivity contribution is 0.112. The summed E-state index contributed by atoms with van der Waals surface area (Å²) in [6, 6.07) is 7.70. The molecule has 1 aromatic carbocycles. The Morgan fingerprint density at radius 3 is 2.32 bits per heavy atom. The molecular weight excluding hydrogens is 300 g/mol. The Hall–Kier alpha value is -0.963. The molecule has 0 aromatic heterocycles. The summed E-state index contributed by atoms with van der Waals surface area (Å²) in [5.41, 5.74) is 5.43. The van der Waals surface area contributed by atoms with E-state index in [1.54, 1.807) is 14.2 Å². The molecular formula is C15H28N2O4Si. The number of hydrogen-bond acceptors (Lipinski definition) is 6. The van der Waals surface area contributed by atoms with Gasteiger partial charge >= 0.3 is 8.80 Å². The van der Waals surface area contributed by atoms with Crippen molar-refractivity contribution in [2.24, 2.45) is 5.73 Å². The van der Waals surface area contributed by atoms with Gasteiger partial charge in [-0.15, -0.1) is 0 Å². The van der Waals surface area contributed by atoms with E-state index in [1.165, 1.54) is 0 Å². The third-order valence-corrected chi connectivity index (χ3v) is 5.87. The van der Waals surface area contributed by atoms with Crippen molar-refractivity contribution >= 4 is 14.0 Å². The topological polar surface area (TPSA) is 75.0 Å². The van der Waals surface area contributed by atoms with Crippen molar-refractivity contribution in [2.45, 2.75) is 13.3 Å².